The number of benzene rings is 1. The van der Waals surface area contributed by atoms with Gasteiger partial charge in [0.05, 0.1) is 29.3 Å². The van der Waals surface area contributed by atoms with Crippen molar-refractivity contribution in [1.29, 1.82) is 0 Å². The van der Waals surface area contributed by atoms with Crippen LogP contribution in [0.3, 0.4) is 0 Å². The molecule has 0 saturated heterocycles. The summed E-state index contributed by atoms with van der Waals surface area (Å²) in [5.74, 6) is -1.02. The molecular weight excluding hydrogens is 423 g/mol. The van der Waals surface area contributed by atoms with Crippen LogP contribution in [0.2, 0.25) is 0 Å². The van der Waals surface area contributed by atoms with E-state index < -0.39 is 12.4 Å². The molecule has 0 aliphatic rings. The molecule has 0 spiro atoms. The second-order valence-corrected chi connectivity index (χ2v) is 6.98. The lowest BCUT2D eigenvalue weighted by atomic mass is 10.2. The largest absolute Gasteiger partial charge is 0.333 e. The van der Waals surface area contributed by atoms with Gasteiger partial charge < -0.3 is 10.6 Å². The van der Waals surface area contributed by atoms with Crippen LogP contribution >= 0.6 is 0 Å². The molecule has 2 N–H and O–H groups in total. The van der Waals surface area contributed by atoms with Gasteiger partial charge in [-0.2, -0.15) is 18.9 Å². The van der Waals surface area contributed by atoms with Crippen molar-refractivity contribution in [1.82, 2.24) is 24.3 Å². The highest BCUT2D eigenvalue weighted by Gasteiger charge is 2.16. The van der Waals surface area contributed by atoms with Crippen LogP contribution < -0.4 is 10.6 Å². The van der Waals surface area contributed by atoms with Crippen molar-refractivity contribution in [2.75, 3.05) is 10.6 Å². The van der Waals surface area contributed by atoms with E-state index in [0.29, 0.717) is 21.6 Å². The van der Waals surface area contributed by atoms with Crippen molar-refractivity contribution >= 4 is 34.1 Å². The Hall–Kier alpha value is -4.15. The molecule has 1 amide bonds. The summed E-state index contributed by atoms with van der Waals surface area (Å²) in [6, 6.07) is 5.18. The Bertz CT molecular complexity index is 1340. The Morgan fingerprint density at radius 2 is 2.03 bits per heavy atom. The van der Waals surface area contributed by atoms with Crippen LogP contribution in [0.1, 0.15) is 17.8 Å². The van der Waals surface area contributed by atoms with Gasteiger partial charge >= 0.3 is 6.55 Å². The zero-order valence-corrected chi connectivity index (χ0v) is 17.1. The van der Waals surface area contributed by atoms with Gasteiger partial charge in [-0.15, -0.1) is 0 Å². The topological polar surface area (TPSA) is 89.7 Å². The minimum absolute atomic E-state index is 0.0210. The molecule has 8 nitrogen and oxygen atoms in total. The molecule has 0 bridgehead atoms. The molecule has 3 heterocycles. The third kappa shape index (κ3) is 3.92. The molecule has 164 valence electrons. The summed E-state index contributed by atoms with van der Waals surface area (Å²) >= 11 is 0. The summed E-state index contributed by atoms with van der Waals surface area (Å²) in [6.45, 7) is 4.03. The zero-order chi connectivity index (χ0) is 23.0. The molecule has 3 aromatic heterocycles. The second-order valence-electron chi connectivity index (χ2n) is 6.98. The summed E-state index contributed by atoms with van der Waals surface area (Å²) in [5, 5.41) is 9.99. The van der Waals surface area contributed by atoms with Crippen LogP contribution in [0.15, 0.2) is 49.4 Å². The number of nitrogens with one attached hydrogen (secondary N) is 2. The van der Waals surface area contributed by atoms with Crippen LogP contribution in [0.5, 0.6) is 0 Å². The zero-order valence-electron chi connectivity index (χ0n) is 17.1. The Morgan fingerprint density at radius 1 is 1.25 bits per heavy atom. The van der Waals surface area contributed by atoms with E-state index in [9.17, 15) is 18.0 Å². The summed E-state index contributed by atoms with van der Waals surface area (Å²) in [6.07, 6.45) is 5.00. The minimum Gasteiger partial charge on any atom is -0.323 e. The standard InChI is InChI=1S/C21H18F3N7O/c1-4-18(32)26-13-5-6-17-14(7-13)11(2)9-30(17)19-15(22)8-25-21(28-19)27-16-10-31(20(23)24)29-12(16)3/h4-10,20H,1H2,2-3H3,(H,26,32)(H,25,27,28). The number of hydrogen-bond acceptors (Lipinski definition) is 5. The highest BCUT2D eigenvalue weighted by atomic mass is 19.3. The maximum Gasteiger partial charge on any atom is 0.333 e. The maximum atomic E-state index is 14.7. The van der Waals surface area contributed by atoms with Gasteiger partial charge in [0.15, 0.2) is 11.6 Å². The molecule has 0 aliphatic heterocycles. The number of aryl methyl sites for hydroxylation is 2. The third-order valence-corrected chi connectivity index (χ3v) is 4.77. The van der Waals surface area contributed by atoms with Crippen molar-refractivity contribution in [3.63, 3.8) is 0 Å². The first kappa shape index (κ1) is 21.1. The number of fused-ring (bicyclic) bond motifs is 1. The van der Waals surface area contributed by atoms with Gasteiger partial charge in [0.25, 0.3) is 0 Å². The van der Waals surface area contributed by atoms with Crippen LogP contribution in [-0.2, 0) is 4.79 Å². The smallest absolute Gasteiger partial charge is 0.323 e. The normalized spacial score (nSPS) is 11.2. The predicted molar refractivity (Wildman–Crippen MR) is 114 cm³/mol. The lowest BCUT2D eigenvalue weighted by molar-refractivity contribution is -0.111. The third-order valence-electron chi connectivity index (χ3n) is 4.77. The minimum atomic E-state index is -2.79. The van der Waals surface area contributed by atoms with Gasteiger partial charge in [-0.1, -0.05) is 6.58 Å². The Kier molecular flexibility index (Phi) is 5.39. The molecule has 4 aromatic rings. The molecule has 0 unspecified atom stereocenters. The molecule has 4 rings (SSSR count). The molecule has 0 radical (unpaired) electrons. The van der Waals surface area contributed by atoms with Crippen LogP contribution in [-0.4, -0.2) is 30.2 Å². The van der Waals surface area contributed by atoms with Gasteiger partial charge in [0, 0.05) is 17.3 Å². The second kappa shape index (κ2) is 8.17. The molecule has 32 heavy (non-hydrogen) atoms. The van der Waals surface area contributed by atoms with Crippen LogP contribution in [0, 0.1) is 19.7 Å². The first-order valence-corrected chi connectivity index (χ1v) is 9.45. The molecule has 11 heteroatoms. The van der Waals surface area contributed by atoms with Gasteiger partial charge in [-0.25, -0.2) is 14.1 Å². The Balaban J connectivity index is 1.72. The number of amides is 1. The lowest BCUT2D eigenvalue weighted by Crippen LogP contribution is -2.07. The Morgan fingerprint density at radius 3 is 2.72 bits per heavy atom. The van der Waals surface area contributed by atoms with E-state index in [1.165, 1.54) is 6.08 Å². The maximum absolute atomic E-state index is 14.7. The quantitative estimate of drug-likeness (QED) is 0.426. The number of aromatic nitrogens is 5. The summed E-state index contributed by atoms with van der Waals surface area (Å²) < 4.78 is 42.5. The fourth-order valence-electron chi connectivity index (χ4n) is 3.25. The number of hydrogen-bond donors (Lipinski definition) is 2. The molecule has 0 aliphatic carbocycles. The number of carbonyl (C=O) groups excluding carboxylic acids is 1. The lowest BCUT2D eigenvalue weighted by Gasteiger charge is -2.09. The summed E-state index contributed by atoms with van der Waals surface area (Å²) in [7, 11) is 0. The van der Waals surface area contributed by atoms with Crippen molar-refractivity contribution in [3.05, 3.63) is 66.5 Å². The first-order chi connectivity index (χ1) is 15.3. The van der Waals surface area contributed by atoms with E-state index in [-0.39, 0.29) is 23.4 Å². The number of carbonyl (C=O) groups is 1. The number of nitrogens with zero attached hydrogens (tertiary/aromatic N) is 5. The number of rotatable bonds is 6. The first-order valence-electron chi connectivity index (χ1n) is 9.45. The summed E-state index contributed by atoms with van der Waals surface area (Å²) in [4.78, 5) is 19.7. The van der Waals surface area contributed by atoms with E-state index in [2.05, 4.69) is 32.3 Å². The summed E-state index contributed by atoms with van der Waals surface area (Å²) in [5.41, 5.74) is 2.65. The number of alkyl halides is 2. The van der Waals surface area contributed by atoms with E-state index in [1.807, 2.05) is 6.92 Å². The van der Waals surface area contributed by atoms with E-state index in [0.717, 1.165) is 23.3 Å². The van der Waals surface area contributed by atoms with Crippen molar-refractivity contribution in [3.8, 4) is 5.82 Å². The molecular formula is C21H18F3N7O. The molecule has 0 fully saturated rings. The van der Waals surface area contributed by atoms with Gasteiger partial charge in [0.1, 0.15) is 0 Å². The number of anilines is 3. The highest BCUT2D eigenvalue weighted by Crippen LogP contribution is 2.28. The predicted octanol–water partition coefficient (Wildman–Crippen LogP) is 4.64. The molecule has 0 saturated carbocycles. The van der Waals surface area contributed by atoms with Gasteiger partial charge in [0.2, 0.25) is 11.9 Å². The van der Waals surface area contributed by atoms with Gasteiger partial charge in [-0.3, -0.25) is 9.36 Å². The van der Waals surface area contributed by atoms with E-state index in [4.69, 9.17) is 0 Å². The SMILES string of the molecule is C=CC(=O)Nc1ccc2c(c1)c(C)cn2-c1nc(Nc2cn(C(F)F)nc2C)ncc1F. The molecule has 1 aromatic carbocycles. The van der Waals surface area contributed by atoms with Crippen molar-refractivity contribution in [2.45, 2.75) is 20.4 Å². The van der Waals surface area contributed by atoms with Crippen molar-refractivity contribution < 1.29 is 18.0 Å². The Labute approximate surface area is 180 Å². The van der Waals surface area contributed by atoms with Gasteiger partial charge in [-0.05, 0) is 43.7 Å². The number of halogens is 3. The van der Waals surface area contributed by atoms with Crippen LogP contribution in [0.4, 0.5) is 30.5 Å². The van der Waals surface area contributed by atoms with Crippen molar-refractivity contribution in [2.24, 2.45) is 0 Å². The monoisotopic (exact) mass is 441 g/mol. The highest BCUT2D eigenvalue weighted by molar-refractivity contribution is 6.00. The average Bonchev–Trinajstić information content (AvgIpc) is 3.29. The average molecular weight is 441 g/mol. The molecule has 0 atom stereocenters. The van der Waals surface area contributed by atoms with Crippen LogP contribution in [0.25, 0.3) is 16.7 Å². The fraction of sp³-hybridized carbons (Fsp3) is 0.143. The fourth-order valence-corrected chi connectivity index (χ4v) is 3.25. The van der Waals surface area contributed by atoms with E-state index >= 15 is 0 Å². The van der Waals surface area contributed by atoms with E-state index in [1.54, 1.807) is 35.9 Å².